The Hall–Kier alpha value is -2.38. The first-order chi connectivity index (χ1) is 12.9. The van der Waals surface area contributed by atoms with E-state index in [4.69, 9.17) is 15.2 Å². The fraction of sp³-hybridized carbons (Fsp3) is 0.350. The molecule has 0 aliphatic heterocycles. The summed E-state index contributed by atoms with van der Waals surface area (Å²) in [7, 11) is 0. The molecule has 0 heterocycles. The molecule has 2 aromatic rings. The van der Waals surface area contributed by atoms with Crippen molar-refractivity contribution in [1.82, 2.24) is 0 Å². The number of hydrogen-bond acceptors (Lipinski definition) is 5. The Labute approximate surface area is 169 Å². The molecule has 0 saturated heterocycles. The smallest absolute Gasteiger partial charge is 0.379 e. The molecule has 154 valence electrons. The summed E-state index contributed by atoms with van der Waals surface area (Å²) in [5.41, 5.74) is 6.64. The van der Waals surface area contributed by atoms with Crippen LogP contribution in [0, 0.1) is 0 Å². The second-order valence-corrected chi connectivity index (χ2v) is 5.73. The van der Waals surface area contributed by atoms with Crippen molar-refractivity contribution in [3.05, 3.63) is 59.7 Å². The van der Waals surface area contributed by atoms with Crippen LogP contribution >= 0.6 is 12.4 Å². The molecule has 0 aromatic heterocycles. The molecule has 5 nitrogen and oxygen atoms in total. The van der Waals surface area contributed by atoms with E-state index in [-0.39, 0.29) is 30.3 Å². The topological polar surface area (TPSA) is 70.8 Å². The summed E-state index contributed by atoms with van der Waals surface area (Å²) in [5, 5.41) is 0. The van der Waals surface area contributed by atoms with Gasteiger partial charge >= 0.3 is 11.9 Å². The van der Waals surface area contributed by atoms with E-state index in [9.17, 15) is 13.6 Å². The number of carbonyl (C=O) groups excluding carboxylic acids is 1. The van der Waals surface area contributed by atoms with Gasteiger partial charge in [-0.2, -0.15) is 8.78 Å². The highest BCUT2D eigenvalue weighted by atomic mass is 35.5. The van der Waals surface area contributed by atoms with Crippen LogP contribution in [0.2, 0.25) is 0 Å². The predicted molar refractivity (Wildman–Crippen MR) is 104 cm³/mol. The van der Waals surface area contributed by atoms with Crippen molar-refractivity contribution in [1.29, 1.82) is 0 Å². The normalized spacial score (nSPS) is 11.9. The number of halogens is 3. The van der Waals surface area contributed by atoms with Gasteiger partial charge in [-0.25, -0.2) is 4.79 Å². The predicted octanol–water partition coefficient (Wildman–Crippen LogP) is 4.28. The highest BCUT2D eigenvalue weighted by Gasteiger charge is 2.48. The van der Waals surface area contributed by atoms with Gasteiger partial charge in [-0.05, 0) is 37.1 Å². The van der Waals surface area contributed by atoms with Gasteiger partial charge in [0.1, 0.15) is 12.6 Å². The molecule has 0 aliphatic rings. The van der Waals surface area contributed by atoms with E-state index < -0.39 is 17.9 Å². The molecule has 1 atom stereocenters. The SMILES string of the molecule is CCOC(=O)C(F)(F)[C@@H](N)c1ccc(OCc2ccccc2)c(OCC)c1.Cl. The molecule has 0 unspecified atom stereocenters. The number of alkyl halides is 2. The third kappa shape index (κ3) is 5.81. The van der Waals surface area contributed by atoms with Gasteiger partial charge in [0.05, 0.1) is 13.2 Å². The Balaban J connectivity index is 0.00000392. The maximum Gasteiger partial charge on any atom is 0.379 e. The Kier molecular flexibility index (Phi) is 9.15. The van der Waals surface area contributed by atoms with E-state index in [0.717, 1.165) is 5.56 Å². The zero-order valence-corrected chi connectivity index (χ0v) is 16.5. The number of hydrogen-bond donors (Lipinski definition) is 1. The number of benzene rings is 2. The molecule has 2 rings (SSSR count). The second-order valence-electron chi connectivity index (χ2n) is 5.73. The van der Waals surface area contributed by atoms with Crippen LogP contribution in [0.15, 0.2) is 48.5 Å². The van der Waals surface area contributed by atoms with Crippen molar-refractivity contribution in [2.24, 2.45) is 5.73 Å². The number of esters is 1. The molecule has 0 radical (unpaired) electrons. The first-order valence-corrected chi connectivity index (χ1v) is 8.64. The van der Waals surface area contributed by atoms with E-state index >= 15 is 0 Å². The van der Waals surface area contributed by atoms with Gasteiger partial charge in [0.25, 0.3) is 0 Å². The van der Waals surface area contributed by atoms with E-state index in [1.807, 2.05) is 30.3 Å². The summed E-state index contributed by atoms with van der Waals surface area (Å²) in [6.07, 6.45) is 0. The first-order valence-electron chi connectivity index (χ1n) is 8.64. The Morgan fingerprint density at radius 3 is 2.32 bits per heavy atom. The summed E-state index contributed by atoms with van der Waals surface area (Å²) < 4.78 is 44.0. The first kappa shape index (κ1) is 23.7. The molecule has 28 heavy (non-hydrogen) atoms. The standard InChI is InChI=1S/C20H23F2NO4.ClH/c1-3-25-17-12-15(18(23)20(21,22)19(24)26-4-2)10-11-16(17)27-13-14-8-6-5-7-9-14;/h5-12,18H,3-4,13,23H2,1-2H3;1H/t18-;/m0./s1. The average molecular weight is 416 g/mol. The summed E-state index contributed by atoms with van der Waals surface area (Å²) in [6, 6.07) is 11.9. The minimum Gasteiger partial charge on any atom is -0.490 e. The average Bonchev–Trinajstić information content (AvgIpc) is 2.67. The third-order valence-corrected chi connectivity index (χ3v) is 3.80. The molecule has 0 spiro atoms. The van der Waals surface area contributed by atoms with E-state index in [2.05, 4.69) is 4.74 Å². The van der Waals surface area contributed by atoms with Crippen molar-refractivity contribution < 1.29 is 27.8 Å². The minimum absolute atomic E-state index is 0. The van der Waals surface area contributed by atoms with Gasteiger partial charge in [-0.15, -0.1) is 12.4 Å². The van der Waals surface area contributed by atoms with Gasteiger partial charge in [0.15, 0.2) is 11.5 Å². The quantitative estimate of drug-likeness (QED) is 0.619. The molecule has 0 aliphatic carbocycles. The van der Waals surface area contributed by atoms with Crippen molar-refractivity contribution in [2.45, 2.75) is 32.4 Å². The van der Waals surface area contributed by atoms with Crippen molar-refractivity contribution in [2.75, 3.05) is 13.2 Å². The maximum atomic E-state index is 14.2. The third-order valence-electron chi connectivity index (χ3n) is 3.80. The largest absolute Gasteiger partial charge is 0.490 e. The van der Waals surface area contributed by atoms with Crippen LogP contribution in [0.3, 0.4) is 0 Å². The summed E-state index contributed by atoms with van der Waals surface area (Å²) in [6.45, 7) is 3.67. The van der Waals surface area contributed by atoms with Gasteiger partial charge in [-0.3, -0.25) is 0 Å². The molecular weight excluding hydrogens is 392 g/mol. The van der Waals surface area contributed by atoms with Crippen LogP contribution in [-0.2, 0) is 16.1 Å². The molecule has 0 fully saturated rings. The number of carbonyl (C=O) groups is 1. The van der Waals surface area contributed by atoms with Crippen LogP contribution < -0.4 is 15.2 Å². The van der Waals surface area contributed by atoms with E-state index in [1.54, 1.807) is 6.92 Å². The fourth-order valence-corrected chi connectivity index (χ4v) is 2.40. The Morgan fingerprint density at radius 1 is 1.04 bits per heavy atom. The lowest BCUT2D eigenvalue weighted by atomic mass is 10.0. The number of rotatable bonds is 9. The van der Waals surface area contributed by atoms with Gasteiger partial charge in [0, 0.05) is 0 Å². The van der Waals surface area contributed by atoms with Crippen molar-refractivity contribution in [3.63, 3.8) is 0 Å². The van der Waals surface area contributed by atoms with E-state index in [0.29, 0.717) is 19.0 Å². The Bertz CT molecular complexity index is 759. The maximum absolute atomic E-state index is 14.2. The van der Waals surface area contributed by atoms with Crippen molar-refractivity contribution >= 4 is 18.4 Å². The zero-order chi connectivity index (χ0) is 19.9. The monoisotopic (exact) mass is 415 g/mol. The summed E-state index contributed by atoms with van der Waals surface area (Å²) in [5.74, 6) is -4.83. The second kappa shape index (κ2) is 10.8. The fourth-order valence-electron chi connectivity index (χ4n) is 2.40. The lowest BCUT2D eigenvalue weighted by Gasteiger charge is -2.23. The lowest BCUT2D eigenvalue weighted by Crippen LogP contribution is -2.41. The highest BCUT2D eigenvalue weighted by molar-refractivity contribution is 5.85. The van der Waals surface area contributed by atoms with Crippen LogP contribution in [0.5, 0.6) is 11.5 Å². The molecule has 2 aromatic carbocycles. The molecule has 0 saturated carbocycles. The summed E-state index contributed by atoms with van der Waals surface area (Å²) >= 11 is 0. The van der Waals surface area contributed by atoms with E-state index in [1.165, 1.54) is 25.1 Å². The summed E-state index contributed by atoms with van der Waals surface area (Å²) in [4.78, 5) is 11.5. The Morgan fingerprint density at radius 2 is 1.71 bits per heavy atom. The zero-order valence-electron chi connectivity index (χ0n) is 15.7. The molecule has 8 heteroatoms. The van der Waals surface area contributed by atoms with Crippen LogP contribution in [-0.4, -0.2) is 25.1 Å². The lowest BCUT2D eigenvalue weighted by molar-refractivity contribution is -0.174. The highest BCUT2D eigenvalue weighted by Crippen LogP contribution is 2.36. The van der Waals surface area contributed by atoms with Crippen LogP contribution in [0.4, 0.5) is 8.78 Å². The molecular formula is C20H24ClF2NO4. The molecule has 0 bridgehead atoms. The van der Waals surface area contributed by atoms with Crippen molar-refractivity contribution in [3.8, 4) is 11.5 Å². The molecule has 2 N–H and O–H groups in total. The number of nitrogens with two attached hydrogens (primary N) is 1. The van der Waals surface area contributed by atoms with Gasteiger partial charge < -0.3 is 19.9 Å². The van der Waals surface area contributed by atoms with Crippen LogP contribution in [0.25, 0.3) is 0 Å². The van der Waals surface area contributed by atoms with Gasteiger partial charge in [0.2, 0.25) is 0 Å². The van der Waals surface area contributed by atoms with Crippen LogP contribution in [0.1, 0.15) is 31.0 Å². The number of ether oxygens (including phenoxy) is 3. The molecule has 0 amide bonds. The minimum atomic E-state index is -3.86. The van der Waals surface area contributed by atoms with Gasteiger partial charge in [-0.1, -0.05) is 36.4 Å².